The molecule has 104 valence electrons. The highest BCUT2D eigenvalue weighted by molar-refractivity contribution is 7.98. The van der Waals surface area contributed by atoms with Crippen LogP contribution in [0.15, 0.2) is 53.4 Å². The molecule has 0 aliphatic heterocycles. The molecule has 0 aromatic heterocycles. The van der Waals surface area contributed by atoms with E-state index in [9.17, 15) is 4.79 Å². The molecule has 0 atom stereocenters. The molecule has 0 saturated heterocycles. The molecule has 3 nitrogen and oxygen atoms in total. The fraction of sp³-hybridized carbons (Fsp3) is 0.188. The Morgan fingerprint density at radius 3 is 2.40 bits per heavy atom. The van der Waals surface area contributed by atoms with E-state index in [1.54, 1.807) is 18.9 Å². The molecule has 0 unspecified atom stereocenters. The summed E-state index contributed by atoms with van der Waals surface area (Å²) < 4.78 is 5.31. The average Bonchev–Trinajstić information content (AvgIpc) is 2.46. The number of carbonyl (C=O) groups is 1. The van der Waals surface area contributed by atoms with Crippen LogP contribution in [0.3, 0.4) is 0 Å². The number of methoxy groups -OCH3 is 1. The van der Waals surface area contributed by atoms with E-state index in [2.05, 4.69) is 0 Å². The highest BCUT2D eigenvalue weighted by Crippen LogP contribution is 2.31. The lowest BCUT2D eigenvalue weighted by Crippen LogP contribution is -1.99. The van der Waals surface area contributed by atoms with E-state index < -0.39 is 5.97 Å². The van der Waals surface area contributed by atoms with Gasteiger partial charge in [0.05, 0.1) is 13.5 Å². The molecule has 2 aromatic carbocycles. The van der Waals surface area contributed by atoms with Crippen LogP contribution in [-0.2, 0) is 17.0 Å². The van der Waals surface area contributed by atoms with Crippen LogP contribution in [-0.4, -0.2) is 18.2 Å². The van der Waals surface area contributed by atoms with Crippen molar-refractivity contribution in [1.29, 1.82) is 0 Å². The minimum absolute atomic E-state index is 0.0694. The first-order valence-electron chi connectivity index (χ1n) is 6.24. The summed E-state index contributed by atoms with van der Waals surface area (Å²) in [7, 11) is 1.67. The molecule has 1 N–H and O–H groups in total. The number of carboxylic acid groups (broad SMARTS) is 1. The highest BCUT2D eigenvalue weighted by atomic mass is 32.2. The average molecular weight is 288 g/mol. The predicted octanol–water partition coefficient (Wildman–Crippen LogP) is 3.61. The van der Waals surface area contributed by atoms with Gasteiger partial charge in [-0.3, -0.25) is 4.79 Å². The molecule has 4 heteroatoms. The van der Waals surface area contributed by atoms with E-state index >= 15 is 0 Å². The Morgan fingerprint density at radius 2 is 1.75 bits per heavy atom. The summed E-state index contributed by atoms with van der Waals surface area (Å²) >= 11 is 1.70. The Bertz CT molecular complexity index is 579. The van der Waals surface area contributed by atoms with Crippen molar-refractivity contribution in [2.24, 2.45) is 0 Å². The van der Waals surface area contributed by atoms with Gasteiger partial charge >= 0.3 is 5.97 Å². The summed E-state index contributed by atoms with van der Waals surface area (Å²) in [6, 6.07) is 15.6. The van der Waals surface area contributed by atoms with Crippen LogP contribution in [0.2, 0.25) is 0 Å². The summed E-state index contributed by atoms with van der Waals surface area (Å²) in [5.74, 6) is 0.898. The number of hydrogen-bond acceptors (Lipinski definition) is 3. The summed E-state index contributed by atoms with van der Waals surface area (Å²) in [6.07, 6.45) is 0.0694. The van der Waals surface area contributed by atoms with Gasteiger partial charge in [-0.15, -0.1) is 11.8 Å². The molecule has 0 aliphatic carbocycles. The third-order valence-corrected chi connectivity index (χ3v) is 3.97. The topological polar surface area (TPSA) is 46.5 Å². The lowest BCUT2D eigenvalue weighted by Gasteiger charge is -2.08. The first-order valence-corrected chi connectivity index (χ1v) is 7.23. The van der Waals surface area contributed by atoms with E-state index in [4.69, 9.17) is 9.84 Å². The molecule has 0 saturated carbocycles. The predicted molar refractivity (Wildman–Crippen MR) is 80.3 cm³/mol. The van der Waals surface area contributed by atoms with Crippen molar-refractivity contribution in [3.8, 4) is 5.75 Å². The molecular formula is C16H16O3S. The SMILES string of the molecule is COc1ccccc1SCc1ccc(CC(=O)O)cc1. The summed E-state index contributed by atoms with van der Waals surface area (Å²) in [4.78, 5) is 11.7. The second-order valence-electron chi connectivity index (χ2n) is 4.33. The maximum absolute atomic E-state index is 10.6. The van der Waals surface area contributed by atoms with Crippen LogP contribution < -0.4 is 4.74 Å². The number of benzene rings is 2. The van der Waals surface area contributed by atoms with Gasteiger partial charge in [0.2, 0.25) is 0 Å². The van der Waals surface area contributed by atoms with Gasteiger partial charge in [0, 0.05) is 10.6 Å². The van der Waals surface area contributed by atoms with Crippen LogP contribution in [0.25, 0.3) is 0 Å². The van der Waals surface area contributed by atoms with Gasteiger partial charge in [-0.2, -0.15) is 0 Å². The zero-order chi connectivity index (χ0) is 14.4. The van der Waals surface area contributed by atoms with Crippen molar-refractivity contribution in [2.75, 3.05) is 7.11 Å². The van der Waals surface area contributed by atoms with Crippen molar-refractivity contribution in [2.45, 2.75) is 17.1 Å². The number of ether oxygens (including phenoxy) is 1. The first kappa shape index (κ1) is 14.5. The first-order chi connectivity index (χ1) is 9.69. The van der Waals surface area contributed by atoms with Gasteiger partial charge < -0.3 is 9.84 Å². The maximum atomic E-state index is 10.6. The smallest absolute Gasteiger partial charge is 0.307 e. The van der Waals surface area contributed by atoms with Gasteiger partial charge in [0.25, 0.3) is 0 Å². The van der Waals surface area contributed by atoms with Crippen molar-refractivity contribution >= 4 is 17.7 Å². The second kappa shape index (κ2) is 7.01. The lowest BCUT2D eigenvalue weighted by molar-refractivity contribution is -0.136. The summed E-state index contributed by atoms with van der Waals surface area (Å²) in [5, 5.41) is 8.73. The molecule has 0 heterocycles. The maximum Gasteiger partial charge on any atom is 0.307 e. The minimum Gasteiger partial charge on any atom is -0.496 e. The molecule has 2 aromatic rings. The largest absolute Gasteiger partial charge is 0.496 e. The fourth-order valence-corrected chi connectivity index (χ4v) is 2.81. The molecule has 20 heavy (non-hydrogen) atoms. The Kier molecular flexibility index (Phi) is 5.07. The van der Waals surface area contributed by atoms with Crippen LogP contribution in [0.5, 0.6) is 5.75 Å². The Balaban J connectivity index is 1.98. The molecule has 0 bridgehead atoms. The normalized spacial score (nSPS) is 10.2. The molecular weight excluding hydrogens is 272 g/mol. The lowest BCUT2D eigenvalue weighted by atomic mass is 10.1. The second-order valence-corrected chi connectivity index (χ2v) is 5.34. The van der Waals surface area contributed by atoms with Gasteiger partial charge in [0.1, 0.15) is 5.75 Å². The molecule has 0 fully saturated rings. The summed E-state index contributed by atoms with van der Waals surface area (Å²) in [6.45, 7) is 0. The number of rotatable bonds is 6. The zero-order valence-corrected chi connectivity index (χ0v) is 12.0. The Hall–Kier alpha value is -1.94. The number of carboxylic acids is 1. The van der Waals surface area contributed by atoms with Crippen molar-refractivity contribution < 1.29 is 14.6 Å². The van der Waals surface area contributed by atoms with Crippen LogP contribution >= 0.6 is 11.8 Å². The van der Waals surface area contributed by atoms with Gasteiger partial charge in [-0.05, 0) is 23.3 Å². The fourth-order valence-electron chi connectivity index (χ4n) is 1.83. The van der Waals surface area contributed by atoms with E-state index in [0.29, 0.717) is 0 Å². The molecule has 0 spiro atoms. The van der Waals surface area contributed by atoms with E-state index in [1.165, 1.54) is 0 Å². The highest BCUT2D eigenvalue weighted by Gasteiger charge is 2.04. The van der Waals surface area contributed by atoms with Crippen LogP contribution in [0.1, 0.15) is 11.1 Å². The molecule has 0 aliphatic rings. The van der Waals surface area contributed by atoms with Crippen LogP contribution in [0.4, 0.5) is 0 Å². The van der Waals surface area contributed by atoms with E-state index in [1.807, 2.05) is 48.5 Å². The Labute approximate surface area is 122 Å². The molecule has 0 radical (unpaired) electrons. The Morgan fingerprint density at radius 1 is 1.10 bits per heavy atom. The zero-order valence-electron chi connectivity index (χ0n) is 11.2. The summed E-state index contributed by atoms with van der Waals surface area (Å²) in [5.41, 5.74) is 1.98. The van der Waals surface area contributed by atoms with Crippen LogP contribution in [0, 0.1) is 0 Å². The van der Waals surface area contributed by atoms with Crippen molar-refractivity contribution in [3.63, 3.8) is 0 Å². The number of para-hydroxylation sites is 1. The van der Waals surface area contributed by atoms with Crippen molar-refractivity contribution in [1.82, 2.24) is 0 Å². The minimum atomic E-state index is -0.804. The number of thioether (sulfide) groups is 1. The van der Waals surface area contributed by atoms with Gasteiger partial charge in [-0.1, -0.05) is 36.4 Å². The van der Waals surface area contributed by atoms with E-state index in [-0.39, 0.29) is 6.42 Å². The molecule has 2 rings (SSSR count). The third kappa shape index (κ3) is 4.03. The van der Waals surface area contributed by atoms with Crippen molar-refractivity contribution in [3.05, 3.63) is 59.7 Å². The van der Waals surface area contributed by atoms with Gasteiger partial charge in [-0.25, -0.2) is 0 Å². The number of hydrogen-bond donors (Lipinski definition) is 1. The van der Waals surface area contributed by atoms with E-state index in [0.717, 1.165) is 27.5 Å². The third-order valence-electron chi connectivity index (χ3n) is 2.84. The number of aliphatic carboxylic acids is 1. The molecule has 0 amide bonds. The monoisotopic (exact) mass is 288 g/mol. The quantitative estimate of drug-likeness (QED) is 0.825. The van der Waals surface area contributed by atoms with Gasteiger partial charge in [0.15, 0.2) is 0 Å². The standard InChI is InChI=1S/C16H16O3S/c1-19-14-4-2-3-5-15(14)20-11-13-8-6-12(7-9-13)10-16(17)18/h2-9H,10-11H2,1H3,(H,17,18).